The molecule has 1 atom stereocenters. The van der Waals surface area contributed by atoms with Crippen molar-refractivity contribution in [3.8, 4) is 0 Å². The van der Waals surface area contributed by atoms with Crippen LogP contribution in [0.2, 0.25) is 5.02 Å². The molecule has 1 fully saturated rings. The number of aromatic nitrogens is 2. The van der Waals surface area contributed by atoms with E-state index >= 15 is 0 Å². The van der Waals surface area contributed by atoms with Crippen molar-refractivity contribution in [2.24, 2.45) is 5.73 Å². The first-order chi connectivity index (χ1) is 12.0. The molecule has 1 aliphatic rings. The Balaban J connectivity index is 1.69. The van der Waals surface area contributed by atoms with E-state index in [1.54, 1.807) is 4.68 Å². The maximum atomic E-state index is 12.6. The van der Waals surface area contributed by atoms with Crippen molar-refractivity contribution in [2.75, 3.05) is 18.4 Å². The van der Waals surface area contributed by atoms with Gasteiger partial charge in [0.15, 0.2) is 0 Å². The van der Waals surface area contributed by atoms with E-state index < -0.39 is 0 Å². The minimum atomic E-state index is -0.0913. The largest absolute Gasteiger partial charge is 0.328 e. The summed E-state index contributed by atoms with van der Waals surface area (Å²) in [6.45, 7) is 3.92. The van der Waals surface area contributed by atoms with Crippen molar-refractivity contribution in [3.63, 3.8) is 0 Å². The summed E-state index contributed by atoms with van der Waals surface area (Å²) in [4.78, 5) is 14.4. The fourth-order valence-corrected chi connectivity index (χ4v) is 3.17. The van der Waals surface area contributed by atoms with Crippen molar-refractivity contribution < 1.29 is 4.79 Å². The van der Waals surface area contributed by atoms with Gasteiger partial charge in [-0.1, -0.05) is 23.7 Å². The normalized spacial score (nSPS) is 18.0. The highest BCUT2D eigenvalue weighted by Gasteiger charge is 2.20. The lowest BCUT2D eigenvalue weighted by Gasteiger charge is -2.21. The number of aryl methyl sites for hydroxylation is 1. The van der Waals surface area contributed by atoms with Crippen molar-refractivity contribution >= 4 is 23.4 Å². The minimum absolute atomic E-state index is 0.0913. The van der Waals surface area contributed by atoms with Gasteiger partial charge < -0.3 is 10.6 Å². The molecular weight excluding hydrogens is 338 g/mol. The van der Waals surface area contributed by atoms with Crippen LogP contribution in [0.1, 0.15) is 30.5 Å². The number of hydrogen-bond acceptors (Lipinski definition) is 3. The number of anilines is 1. The summed E-state index contributed by atoms with van der Waals surface area (Å²) in [6, 6.07) is 9.61. The summed E-state index contributed by atoms with van der Waals surface area (Å²) in [5.41, 5.74) is 7.93. The summed E-state index contributed by atoms with van der Waals surface area (Å²) in [5, 5.41) is 8.19. The Morgan fingerprint density at radius 1 is 1.32 bits per heavy atom. The molecule has 3 rings (SSSR count). The van der Waals surface area contributed by atoms with E-state index in [4.69, 9.17) is 17.3 Å². The van der Waals surface area contributed by atoms with E-state index in [-0.39, 0.29) is 12.1 Å². The number of rotatable bonds is 3. The van der Waals surface area contributed by atoms with E-state index in [2.05, 4.69) is 10.4 Å². The molecule has 3 N–H and O–H groups in total. The fraction of sp³-hybridized carbons (Fsp3) is 0.444. The molecule has 0 radical (unpaired) electrons. The second-order valence-electron chi connectivity index (χ2n) is 6.56. The van der Waals surface area contributed by atoms with Crippen LogP contribution in [0.4, 0.5) is 10.6 Å². The van der Waals surface area contributed by atoms with Crippen LogP contribution in [0.15, 0.2) is 30.3 Å². The van der Waals surface area contributed by atoms with Gasteiger partial charge in [-0.15, -0.1) is 0 Å². The molecule has 25 heavy (non-hydrogen) atoms. The van der Waals surface area contributed by atoms with E-state index in [1.807, 2.05) is 42.2 Å². The number of carbonyl (C=O) groups is 1. The van der Waals surface area contributed by atoms with Crippen LogP contribution in [0, 0.1) is 6.92 Å². The Morgan fingerprint density at radius 2 is 2.08 bits per heavy atom. The highest BCUT2D eigenvalue weighted by Crippen LogP contribution is 2.17. The topological polar surface area (TPSA) is 76.2 Å². The number of nitrogens with zero attached hydrogens (tertiary/aromatic N) is 3. The van der Waals surface area contributed by atoms with Crippen LogP contribution in [0.25, 0.3) is 0 Å². The number of nitrogens with one attached hydrogen (secondary N) is 1. The van der Waals surface area contributed by atoms with Gasteiger partial charge in [0.2, 0.25) is 0 Å². The number of likely N-dealkylation sites (tertiary alicyclic amines) is 1. The molecule has 0 aliphatic carbocycles. The van der Waals surface area contributed by atoms with Crippen LogP contribution < -0.4 is 11.1 Å². The average Bonchev–Trinajstić information content (AvgIpc) is 2.78. The minimum Gasteiger partial charge on any atom is -0.328 e. The van der Waals surface area contributed by atoms with Gasteiger partial charge in [-0.05, 0) is 43.9 Å². The van der Waals surface area contributed by atoms with Crippen LogP contribution in [0.5, 0.6) is 0 Å². The van der Waals surface area contributed by atoms with Gasteiger partial charge in [-0.25, -0.2) is 9.48 Å². The smallest absolute Gasteiger partial charge is 0.323 e. The SMILES string of the molecule is Cc1cc(NC(=O)N2CCCC(N)CC2)n(Cc2ccc(Cl)cc2)n1. The summed E-state index contributed by atoms with van der Waals surface area (Å²) >= 11 is 5.93. The first kappa shape index (κ1) is 17.8. The molecule has 2 aromatic rings. The van der Waals surface area contributed by atoms with Gasteiger partial charge in [0.05, 0.1) is 12.2 Å². The molecule has 1 aliphatic heterocycles. The zero-order chi connectivity index (χ0) is 17.8. The Morgan fingerprint density at radius 3 is 2.84 bits per heavy atom. The molecule has 0 bridgehead atoms. The maximum absolute atomic E-state index is 12.6. The van der Waals surface area contributed by atoms with Crippen molar-refractivity contribution in [1.29, 1.82) is 0 Å². The number of benzene rings is 1. The van der Waals surface area contributed by atoms with Crippen LogP contribution >= 0.6 is 11.6 Å². The molecule has 1 unspecified atom stereocenters. The summed E-state index contributed by atoms with van der Waals surface area (Å²) in [7, 11) is 0. The Kier molecular flexibility index (Phi) is 5.60. The third kappa shape index (κ3) is 4.74. The second-order valence-corrected chi connectivity index (χ2v) is 7.00. The van der Waals surface area contributed by atoms with Gasteiger partial charge in [-0.3, -0.25) is 5.32 Å². The third-order valence-electron chi connectivity index (χ3n) is 4.44. The molecule has 0 saturated carbocycles. The summed E-state index contributed by atoms with van der Waals surface area (Å²) in [6.07, 6.45) is 2.76. The zero-order valence-electron chi connectivity index (χ0n) is 14.4. The summed E-state index contributed by atoms with van der Waals surface area (Å²) in [5.74, 6) is 0.700. The van der Waals surface area contributed by atoms with E-state index in [9.17, 15) is 4.79 Å². The van der Waals surface area contributed by atoms with Crippen molar-refractivity contribution in [1.82, 2.24) is 14.7 Å². The lowest BCUT2D eigenvalue weighted by atomic mass is 10.1. The molecule has 1 aromatic heterocycles. The quantitative estimate of drug-likeness (QED) is 0.881. The Bertz CT molecular complexity index is 728. The number of nitrogens with two attached hydrogens (primary N) is 1. The highest BCUT2D eigenvalue weighted by molar-refractivity contribution is 6.30. The number of hydrogen-bond donors (Lipinski definition) is 2. The van der Waals surface area contributed by atoms with E-state index in [0.717, 1.165) is 37.1 Å². The number of carbonyl (C=O) groups excluding carboxylic acids is 1. The standard InChI is InChI=1S/C18H24ClN5O/c1-13-11-17(21-18(25)23-9-2-3-16(20)8-10-23)24(22-13)12-14-4-6-15(19)7-5-14/h4-7,11,16H,2-3,8-10,12,20H2,1H3,(H,21,25). The van der Waals surface area contributed by atoms with Crippen LogP contribution in [0.3, 0.4) is 0 Å². The molecule has 134 valence electrons. The van der Waals surface area contributed by atoms with Crippen molar-refractivity contribution in [2.45, 2.75) is 38.8 Å². The van der Waals surface area contributed by atoms with Crippen molar-refractivity contribution in [3.05, 3.63) is 46.6 Å². The lowest BCUT2D eigenvalue weighted by molar-refractivity contribution is 0.213. The first-order valence-corrected chi connectivity index (χ1v) is 8.99. The predicted molar refractivity (Wildman–Crippen MR) is 99.9 cm³/mol. The van der Waals surface area contributed by atoms with Gasteiger partial charge in [0.1, 0.15) is 5.82 Å². The van der Waals surface area contributed by atoms with Crippen LogP contribution in [-0.4, -0.2) is 39.8 Å². The molecule has 1 saturated heterocycles. The van der Waals surface area contributed by atoms with Crippen LogP contribution in [-0.2, 0) is 6.54 Å². The third-order valence-corrected chi connectivity index (χ3v) is 4.69. The molecule has 0 spiro atoms. The van der Waals surface area contributed by atoms with Gasteiger partial charge in [-0.2, -0.15) is 5.10 Å². The molecule has 1 aromatic carbocycles. The van der Waals surface area contributed by atoms with E-state index in [0.29, 0.717) is 23.9 Å². The lowest BCUT2D eigenvalue weighted by Crippen LogP contribution is -2.36. The molecule has 6 nitrogen and oxygen atoms in total. The molecule has 2 amide bonds. The second kappa shape index (κ2) is 7.89. The van der Waals surface area contributed by atoms with Gasteiger partial charge in [0, 0.05) is 30.2 Å². The zero-order valence-corrected chi connectivity index (χ0v) is 15.2. The van der Waals surface area contributed by atoms with Gasteiger partial charge >= 0.3 is 6.03 Å². The molecule has 7 heteroatoms. The number of halogens is 1. The van der Waals surface area contributed by atoms with E-state index in [1.165, 1.54) is 0 Å². The highest BCUT2D eigenvalue weighted by atomic mass is 35.5. The average molecular weight is 362 g/mol. The predicted octanol–water partition coefficient (Wildman–Crippen LogP) is 3.24. The molecular formula is C18H24ClN5O. The molecule has 2 heterocycles. The van der Waals surface area contributed by atoms with Gasteiger partial charge in [0.25, 0.3) is 0 Å². The first-order valence-electron chi connectivity index (χ1n) is 8.61. The Labute approximate surface area is 152 Å². The maximum Gasteiger partial charge on any atom is 0.323 e. The number of amides is 2. The Hall–Kier alpha value is -2.05. The fourth-order valence-electron chi connectivity index (χ4n) is 3.04. The summed E-state index contributed by atoms with van der Waals surface area (Å²) < 4.78 is 1.81. The monoisotopic (exact) mass is 361 g/mol. The number of urea groups is 1.